The number of fused-ring (bicyclic) bond motifs is 1. The van der Waals surface area contributed by atoms with E-state index < -0.39 is 5.60 Å². The number of hydrogen-bond acceptors (Lipinski definition) is 3. The minimum atomic E-state index is -0.841. The second kappa shape index (κ2) is 6.54. The molecule has 25 heavy (non-hydrogen) atoms. The van der Waals surface area contributed by atoms with Gasteiger partial charge in [-0.2, -0.15) is 0 Å². The first kappa shape index (κ1) is 16.2. The first-order valence-electron chi connectivity index (χ1n) is 8.67. The molecule has 0 saturated carbocycles. The van der Waals surface area contributed by atoms with Crippen molar-refractivity contribution >= 4 is 10.8 Å². The lowest BCUT2D eigenvalue weighted by Gasteiger charge is -2.39. The van der Waals surface area contributed by atoms with Crippen molar-refractivity contribution in [2.75, 3.05) is 13.1 Å². The van der Waals surface area contributed by atoms with E-state index in [1.54, 1.807) is 12.3 Å². The summed E-state index contributed by atoms with van der Waals surface area (Å²) in [5, 5.41) is 13.4. The van der Waals surface area contributed by atoms with E-state index >= 15 is 0 Å². The van der Waals surface area contributed by atoms with Gasteiger partial charge in [0.1, 0.15) is 5.82 Å². The largest absolute Gasteiger partial charge is 0.385 e. The fraction of sp³-hybridized carbons (Fsp3) is 0.286. The van der Waals surface area contributed by atoms with Gasteiger partial charge in [-0.15, -0.1) is 0 Å². The molecule has 3 nitrogen and oxygen atoms in total. The third-order valence-corrected chi connectivity index (χ3v) is 5.22. The number of aromatic nitrogens is 1. The Morgan fingerprint density at radius 3 is 2.64 bits per heavy atom. The van der Waals surface area contributed by atoms with Crippen LogP contribution in [0.25, 0.3) is 10.8 Å². The van der Waals surface area contributed by atoms with Crippen LogP contribution in [-0.4, -0.2) is 28.1 Å². The number of rotatable bonds is 3. The number of likely N-dealkylation sites (tertiary alicyclic amines) is 1. The topological polar surface area (TPSA) is 36.4 Å². The molecule has 0 amide bonds. The Kier molecular flexibility index (Phi) is 4.24. The van der Waals surface area contributed by atoms with Gasteiger partial charge in [-0.25, -0.2) is 4.39 Å². The molecule has 0 unspecified atom stereocenters. The van der Waals surface area contributed by atoms with Gasteiger partial charge in [-0.3, -0.25) is 9.88 Å². The molecular weight excluding hydrogens is 315 g/mol. The SMILES string of the molecule is OC1(c2cccc3cnccc23)CCN(Cc2ccccc2F)CC1. The highest BCUT2D eigenvalue weighted by Crippen LogP contribution is 2.37. The molecule has 1 fully saturated rings. The smallest absolute Gasteiger partial charge is 0.127 e. The van der Waals surface area contributed by atoms with Crippen molar-refractivity contribution in [3.8, 4) is 0 Å². The van der Waals surface area contributed by atoms with Crippen LogP contribution in [0.15, 0.2) is 60.9 Å². The van der Waals surface area contributed by atoms with Gasteiger partial charge in [-0.05, 0) is 35.9 Å². The Morgan fingerprint density at radius 2 is 1.84 bits per heavy atom. The molecule has 0 atom stereocenters. The molecule has 0 spiro atoms. The Morgan fingerprint density at radius 1 is 1.04 bits per heavy atom. The first-order chi connectivity index (χ1) is 12.2. The highest BCUT2D eigenvalue weighted by atomic mass is 19.1. The molecular formula is C21H21FN2O. The number of nitrogens with zero attached hydrogens (tertiary/aromatic N) is 2. The summed E-state index contributed by atoms with van der Waals surface area (Å²) >= 11 is 0. The highest BCUT2D eigenvalue weighted by molar-refractivity contribution is 5.85. The quantitative estimate of drug-likeness (QED) is 0.789. The van der Waals surface area contributed by atoms with Gasteiger partial charge in [0.2, 0.25) is 0 Å². The van der Waals surface area contributed by atoms with E-state index in [0.29, 0.717) is 24.9 Å². The summed E-state index contributed by atoms with van der Waals surface area (Å²) in [7, 11) is 0. The van der Waals surface area contributed by atoms with Crippen molar-refractivity contribution in [3.63, 3.8) is 0 Å². The number of piperidine rings is 1. The molecule has 128 valence electrons. The van der Waals surface area contributed by atoms with E-state index in [1.165, 1.54) is 6.07 Å². The van der Waals surface area contributed by atoms with Crippen molar-refractivity contribution in [1.29, 1.82) is 0 Å². The molecule has 0 radical (unpaired) electrons. The zero-order valence-corrected chi connectivity index (χ0v) is 14.0. The van der Waals surface area contributed by atoms with Crippen molar-refractivity contribution < 1.29 is 9.50 Å². The fourth-order valence-corrected chi connectivity index (χ4v) is 3.75. The molecule has 0 aliphatic carbocycles. The maximum atomic E-state index is 13.9. The Labute approximate surface area is 146 Å². The molecule has 4 rings (SSSR count). The minimum absolute atomic E-state index is 0.162. The van der Waals surface area contributed by atoms with Crippen LogP contribution in [-0.2, 0) is 12.1 Å². The van der Waals surface area contributed by atoms with Crippen LogP contribution in [0, 0.1) is 5.82 Å². The van der Waals surface area contributed by atoms with Gasteiger partial charge < -0.3 is 5.11 Å². The monoisotopic (exact) mass is 336 g/mol. The van der Waals surface area contributed by atoms with Crippen LogP contribution >= 0.6 is 0 Å². The van der Waals surface area contributed by atoms with Crippen molar-refractivity contribution in [3.05, 3.63) is 77.9 Å². The van der Waals surface area contributed by atoms with E-state index in [1.807, 2.05) is 42.6 Å². The molecule has 3 aromatic rings. The number of halogens is 1. The zero-order chi connectivity index (χ0) is 17.3. The predicted molar refractivity (Wildman–Crippen MR) is 96.6 cm³/mol. The normalized spacial score (nSPS) is 17.7. The average molecular weight is 336 g/mol. The van der Waals surface area contributed by atoms with Crippen LogP contribution in [0.2, 0.25) is 0 Å². The number of aliphatic hydroxyl groups is 1. The number of hydrogen-bond donors (Lipinski definition) is 1. The molecule has 1 aliphatic rings. The highest BCUT2D eigenvalue weighted by Gasteiger charge is 2.35. The van der Waals surface area contributed by atoms with Gasteiger partial charge in [-0.1, -0.05) is 36.4 Å². The number of benzene rings is 2. The van der Waals surface area contributed by atoms with E-state index in [-0.39, 0.29) is 5.82 Å². The molecule has 2 aromatic carbocycles. The number of pyridine rings is 1. The lowest BCUT2D eigenvalue weighted by Crippen LogP contribution is -2.42. The van der Waals surface area contributed by atoms with Crippen LogP contribution in [0.1, 0.15) is 24.0 Å². The first-order valence-corrected chi connectivity index (χ1v) is 8.67. The third-order valence-electron chi connectivity index (χ3n) is 5.22. The molecule has 1 aromatic heterocycles. The van der Waals surface area contributed by atoms with Gasteiger partial charge in [0.05, 0.1) is 5.60 Å². The van der Waals surface area contributed by atoms with Crippen molar-refractivity contribution in [1.82, 2.24) is 9.88 Å². The fourth-order valence-electron chi connectivity index (χ4n) is 3.75. The van der Waals surface area contributed by atoms with Crippen LogP contribution < -0.4 is 0 Å². The standard InChI is InChI=1S/C21H21FN2O/c22-20-7-2-1-4-17(20)15-24-12-9-21(25,10-13-24)19-6-3-5-16-14-23-11-8-18(16)19/h1-8,11,14,25H,9-10,12-13,15H2. The summed E-state index contributed by atoms with van der Waals surface area (Å²) in [6.07, 6.45) is 4.88. The van der Waals surface area contributed by atoms with Crippen LogP contribution in [0.4, 0.5) is 4.39 Å². The van der Waals surface area contributed by atoms with Crippen LogP contribution in [0.5, 0.6) is 0 Å². The van der Waals surface area contributed by atoms with E-state index in [4.69, 9.17) is 0 Å². The molecule has 1 saturated heterocycles. The second-order valence-electron chi connectivity index (χ2n) is 6.80. The summed E-state index contributed by atoms with van der Waals surface area (Å²) in [5.74, 6) is -0.162. The molecule has 4 heteroatoms. The van der Waals surface area contributed by atoms with Gasteiger partial charge in [0.25, 0.3) is 0 Å². The van der Waals surface area contributed by atoms with Gasteiger partial charge in [0.15, 0.2) is 0 Å². The Balaban J connectivity index is 1.53. The Hall–Kier alpha value is -2.30. The molecule has 1 aliphatic heterocycles. The van der Waals surface area contributed by atoms with Crippen molar-refractivity contribution in [2.45, 2.75) is 25.0 Å². The van der Waals surface area contributed by atoms with Crippen LogP contribution in [0.3, 0.4) is 0 Å². The lowest BCUT2D eigenvalue weighted by molar-refractivity contribution is -0.0267. The molecule has 0 bridgehead atoms. The zero-order valence-electron chi connectivity index (χ0n) is 14.0. The second-order valence-corrected chi connectivity index (χ2v) is 6.80. The summed E-state index contributed by atoms with van der Waals surface area (Å²) in [4.78, 5) is 6.37. The maximum absolute atomic E-state index is 13.9. The minimum Gasteiger partial charge on any atom is -0.385 e. The molecule has 1 N–H and O–H groups in total. The van der Waals surface area contributed by atoms with Crippen molar-refractivity contribution in [2.24, 2.45) is 0 Å². The summed E-state index contributed by atoms with van der Waals surface area (Å²) in [6, 6.07) is 14.9. The van der Waals surface area contributed by atoms with E-state index in [0.717, 1.165) is 29.4 Å². The Bertz CT molecular complexity index is 882. The average Bonchev–Trinajstić information content (AvgIpc) is 2.65. The predicted octanol–water partition coefficient (Wildman–Crippen LogP) is 3.86. The third kappa shape index (κ3) is 3.15. The van der Waals surface area contributed by atoms with E-state index in [9.17, 15) is 9.50 Å². The van der Waals surface area contributed by atoms with E-state index in [2.05, 4.69) is 9.88 Å². The molecule has 2 heterocycles. The summed E-state index contributed by atoms with van der Waals surface area (Å²) in [5.41, 5.74) is 0.842. The van der Waals surface area contributed by atoms with Gasteiger partial charge >= 0.3 is 0 Å². The van der Waals surface area contributed by atoms with Gasteiger partial charge in [0, 0.05) is 43.0 Å². The lowest BCUT2D eigenvalue weighted by atomic mass is 9.82. The summed E-state index contributed by atoms with van der Waals surface area (Å²) < 4.78 is 13.9. The maximum Gasteiger partial charge on any atom is 0.127 e. The summed E-state index contributed by atoms with van der Waals surface area (Å²) in [6.45, 7) is 2.07.